The van der Waals surface area contributed by atoms with Gasteiger partial charge < -0.3 is 14.9 Å². The molecule has 1 N–H and O–H groups in total. The quantitative estimate of drug-likeness (QED) is 0.929. The molecule has 0 saturated carbocycles. The standard InChI is InChI=1S/C20H23FN2O2/c1-22(2)12-14-4-3-5-16(10-14)20(25)23-13-18(24)11-19(23)15-6-8-17(21)9-7-15/h3-10,18-19,24H,11-13H2,1-2H3/t18-,19-/m0/s1. The summed E-state index contributed by atoms with van der Waals surface area (Å²) in [6.45, 7) is 1.05. The van der Waals surface area contributed by atoms with E-state index in [0.29, 0.717) is 18.5 Å². The molecule has 0 unspecified atom stereocenters. The van der Waals surface area contributed by atoms with E-state index in [1.807, 2.05) is 37.2 Å². The minimum Gasteiger partial charge on any atom is -0.391 e. The molecule has 2 aromatic carbocycles. The van der Waals surface area contributed by atoms with Crippen molar-refractivity contribution in [2.24, 2.45) is 0 Å². The zero-order valence-corrected chi connectivity index (χ0v) is 14.5. The predicted molar refractivity (Wildman–Crippen MR) is 94.6 cm³/mol. The Labute approximate surface area is 147 Å². The van der Waals surface area contributed by atoms with E-state index in [2.05, 4.69) is 0 Å². The molecule has 0 aromatic heterocycles. The number of hydrogen-bond donors (Lipinski definition) is 1. The van der Waals surface area contributed by atoms with Crippen molar-refractivity contribution in [1.29, 1.82) is 0 Å². The van der Waals surface area contributed by atoms with Crippen molar-refractivity contribution in [3.05, 3.63) is 71.0 Å². The van der Waals surface area contributed by atoms with Crippen LogP contribution in [0.25, 0.3) is 0 Å². The van der Waals surface area contributed by atoms with Crippen molar-refractivity contribution in [2.75, 3.05) is 20.6 Å². The fraction of sp³-hybridized carbons (Fsp3) is 0.350. The summed E-state index contributed by atoms with van der Waals surface area (Å²) in [5, 5.41) is 10.1. The Balaban J connectivity index is 1.85. The van der Waals surface area contributed by atoms with Crippen LogP contribution in [0.3, 0.4) is 0 Å². The Morgan fingerprint density at radius 3 is 2.64 bits per heavy atom. The fourth-order valence-corrected chi connectivity index (χ4v) is 3.37. The first-order valence-corrected chi connectivity index (χ1v) is 8.42. The smallest absolute Gasteiger partial charge is 0.254 e. The molecular formula is C20H23FN2O2. The highest BCUT2D eigenvalue weighted by Crippen LogP contribution is 2.33. The summed E-state index contributed by atoms with van der Waals surface area (Å²) in [7, 11) is 3.96. The van der Waals surface area contributed by atoms with Gasteiger partial charge in [0, 0.05) is 18.7 Å². The average molecular weight is 342 g/mol. The molecular weight excluding hydrogens is 319 g/mol. The van der Waals surface area contributed by atoms with Crippen LogP contribution in [0.4, 0.5) is 4.39 Å². The van der Waals surface area contributed by atoms with Crippen LogP contribution in [0, 0.1) is 5.82 Å². The number of halogens is 1. The number of aliphatic hydroxyl groups is 1. The lowest BCUT2D eigenvalue weighted by Crippen LogP contribution is -2.31. The number of likely N-dealkylation sites (tertiary alicyclic amines) is 1. The Bertz CT molecular complexity index is 746. The Morgan fingerprint density at radius 1 is 1.24 bits per heavy atom. The van der Waals surface area contributed by atoms with E-state index in [4.69, 9.17) is 0 Å². The second-order valence-electron chi connectivity index (χ2n) is 6.85. The molecule has 25 heavy (non-hydrogen) atoms. The van der Waals surface area contributed by atoms with E-state index in [1.54, 1.807) is 23.1 Å². The molecule has 1 aliphatic rings. The summed E-state index contributed by atoms with van der Waals surface area (Å²) in [4.78, 5) is 16.7. The molecule has 2 aromatic rings. The first-order valence-electron chi connectivity index (χ1n) is 8.42. The van der Waals surface area contributed by atoms with Gasteiger partial charge in [-0.2, -0.15) is 0 Å². The Morgan fingerprint density at radius 2 is 1.96 bits per heavy atom. The van der Waals surface area contributed by atoms with E-state index < -0.39 is 6.10 Å². The van der Waals surface area contributed by atoms with Crippen molar-refractivity contribution in [3.8, 4) is 0 Å². The number of rotatable bonds is 4. The van der Waals surface area contributed by atoms with Gasteiger partial charge in [0.25, 0.3) is 5.91 Å². The molecule has 5 heteroatoms. The summed E-state index contributed by atoms with van der Waals surface area (Å²) >= 11 is 0. The topological polar surface area (TPSA) is 43.8 Å². The number of benzene rings is 2. The lowest BCUT2D eigenvalue weighted by molar-refractivity contribution is 0.0715. The minimum atomic E-state index is -0.566. The molecule has 4 nitrogen and oxygen atoms in total. The third-order valence-corrected chi connectivity index (χ3v) is 4.47. The van der Waals surface area contributed by atoms with Gasteiger partial charge in [0.2, 0.25) is 0 Å². The molecule has 1 aliphatic heterocycles. The molecule has 132 valence electrons. The van der Waals surface area contributed by atoms with Gasteiger partial charge >= 0.3 is 0 Å². The van der Waals surface area contributed by atoms with Crippen LogP contribution in [0.2, 0.25) is 0 Å². The van der Waals surface area contributed by atoms with Crippen LogP contribution in [-0.2, 0) is 6.54 Å². The maximum atomic E-state index is 13.2. The number of β-amino-alcohol motifs (C(OH)–C–C–N with tert-alkyl or cyclic N) is 1. The number of aliphatic hydroxyl groups excluding tert-OH is 1. The summed E-state index contributed by atoms with van der Waals surface area (Å²) in [5.41, 5.74) is 2.52. The lowest BCUT2D eigenvalue weighted by atomic mass is 10.0. The van der Waals surface area contributed by atoms with Gasteiger partial charge in [-0.3, -0.25) is 4.79 Å². The molecule has 2 atom stereocenters. The monoisotopic (exact) mass is 342 g/mol. The molecule has 1 fully saturated rings. The lowest BCUT2D eigenvalue weighted by Gasteiger charge is -2.25. The van der Waals surface area contributed by atoms with E-state index in [1.165, 1.54) is 12.1 Å². The highest BCUT2D eigenvalue weighted by Gasteiger charge is 2.35. The van der Waals surface area contributed by atoms with E-state index in [9.17, 15) is 14.3 Å². The summed E-state index contributed by atoms with van der Waals surface area (Å²) in [5.74, 6) is -0.414. The molecule has 1 amide bonds. The minimum absolute atomic E-state index is 0.105. The number of nitrogens with zero attached hydrogens (tertiary/aromatic N) is 2. The fourth-order valence-electron chi connectivity index (χ4n) is 3.37. The second kappa shape index (κ2) is 7.33. The van der Waals surface area contributed by atoms with Crippen molar-refractivity contribution in [2.45, 2.75) is 25.1 Å². The third kappa shape index (κ3) is 4.06. The Kier molecular flexibility index (Phi) is 5.16. The molecule has 1 heterocycles. The molecule has 1 saturated heterocycles. The highest BCUT2D eigenvalue weighted by molar-refractivity contribution is 5.95. The SMILES string of the molecule is CN(C)Cc1cccc(C(=O)N2C[C@@H](O)C[C@H]2c2ccc(F)cc2)c1. The van der Waals surface area contributed by atoms with Gasteiger partial charge in [0.05, 0.1) is 12.1 Å². The summed E-state index contributed by atoms with van der Waals surface area (Å²) in [6.07, 6.45) is -0.0988. The normalized spacial score (nSPS) is 20.3. The highest BCUT2D eigenvalue weighted by atomic mass is 19.1. The zero-order chi connectivity index (χ0) is 18.0. The van der Waals surface area contributed by atoms with Crippen molar-refractivity contribution >= 4 is 5.91 Å². The van der Waals surface area contributed by atoms with Crippen LogP contribution in [-0.4, -0.2) is 47.6 Å². The van der Waals surface area contributed by atoms with Crippen LogP contribution in [0.15, 0.2) is 48.5 Å². The van der Waals surface area contributed by atoms with Gasteiger partial charge in [-0.1, -0.05) is 24.3 Å². The second-order valence-corrected chi connectivity index (χ2v) is 6.85. The van der Waals surface area contributed by atoms with Crippen molar-refractivity contribution < 1.29 is 14.3 Å². The van der Waals surface area contributed by atoms with E-state index in [0.717, 1.165) is 17.7 Å². The predicted octanol–water partition coefficient (Wildman–Crippen LogP) is 2.84. The Hall–Kier alpha value is -2.24. The van der Waals surface area contributed by atoms with Gasteiger partial charge in [-0.05, 0) is 55.9 Å². The zero-order valence-electron chi connectivity index (χ0n) is 14.5. The molecule has 0 spiro atoms. The average Bonchev–Trinajstić information content (AvgIpc) is 2.96. The van der Waals surface area contributed by atoms with Crippen LogP contribution < -0.4 is 0 Å². The first kappa shape index (κ1) is 17.6. The van der Waals surface area contributed by atoms with Crippen LogP contribution in [0.1, 0.15) is 33.9 Å². The number of carbonyl (C=O) groups excluding carboxylic acids is 1. The van der Waals surface area contributed by atoms with Gasteiger partial charge in [-0.15, -0.1) is 0 Å². The number of hydrogen-bond acceptors (Lipinski definition) is 3. The first-order chi connectivity index (χ1) is 11.9. The largest absolute Gasteiger partial charge is 0.391 e. The third-order valence-electron chi connectivity index (χ3n) is 4.47. The van der Waals surface area contributed by atoms with E-state index in [-0.39, 0.29) is 17.8 Å². The molecule has 0 radical (unpaired) electrons. The number of carbonyl (C=O) groups is 1. The van der Waals surface area contributed by atoms with Crippen LogP contribution in [0.5, 0.6) is 0 Å². The van der Waals surface area contributed by atoms with E-state index >= 15 is 0 Å². The molecule has 3 rings (SSSR count). The van der Waals surface area contributed by atoms with Gasteiger partial charge in [-0.25, -0.2) is 4.39 Å². The maximum Gasteiger partial charge on any atom is 0.254 e. The summed E-state index contributed by atoms with van der Waals surface area (Å²) < 4.78 is 13.2. The summed E-state index contributed by atoms with van der Waals surface area (Å²) in [6, 6.07) is 13.5. The van der Waals surface area contributed by atoms with Gasteiger partial charge in [0.1, 0.15) is 5.82 Å². The number of amides is 1. The van der Waals surface area contributed by atoms with Gasteiger partial charge in [0.15, 0.2) is 0 Å². The molecule has 0 bridgehead atoms. The van der Waals surface area contributed by atoms with Crippen molar-refractivity contribution in [1.82, 2.24) is 9.80 Å². The molecule has 0 aliphatic carbocycles. The maximum absolute atomic E-state index is 13.2. The van der Waals surface area contributed by atoms with Crippen LogP contribution >= 0.6 is 0 Å². The van der Waals surface area contributed by atoms with Crippen molar-refractivity contribution in [3.63, 3.8) is 0 Å².